The van der Waals surface area contributed by atoms with E-state index in [1.807, 2.05) is 0 Å². The molecular weight excluding hydrogens is 212 g/mol. The average Bonchev–Trinajstić information content (AvgIpc) is 2.34. The molecule has 0 saturated carbocycles. The van der Waals surface area contributed by atoms with E-state index in [0.717, 1.165) is 19.0 Å². The van der Waals surface area contributed by atoms with Crippen molar-refractivity contribution in [2.24, 2.45) is 5.92 Å². The Morgan fingerprint density at radius 3 is 2.41 bits per heavy atom. The molecule has 17 heavy (non-hydrogen) atoms. The molecule has 1 atom stereocenters. The molecule has 1 aliphatic heterocycles. The number of aliphatic hydroxyl groups is 1. The first-order valence-corrected chi connectivity index (χ1v) is 7.21. The second kappa shape index (κ2) is 8.06. The first-order valence-electron chi connectivity index (χ1n) is 7.21. The Bertz CT molecular complexity index is 189. The highest BCUT2D eigenvalue weighted by Crippen LogP contribution is 2.13. The predicted octanol–water partition coefficient (Wildman–Crippen LogP) is 1.86. The Hall–Kier alpha value is -0.120. The van der Waals surface area contributed by atoms with Crippen LogP contribution in [0.15, 0.2) is 0 Å². The Kier molecular flexibility index (Phi) is 7.09. The second-order valence-corrected chi connectivity index (χ2v) is 5.79. The van der Waals surface area contributed by atoms with E-state index in [0.29, 0.717) is 18.6 Å². The molecule has 0 bridgehead atoms. The molecule has 102 valence electrons. The van der Waals surface area contributed by atoms with Crippen molar-refractivity contribution in [1.29, 1.82) is 0 Å². The van der Waals surface area contributed by atoms with E-state index in [4.69, 9.17) is 5.11 Å². The van der Waals surface area contributed by atoms with Crippen LogP contribution < -0.4 is 5.32 Å². The van der Waals surface area contributed by atoms with Crippen LogP contribution in [0.25, 0.3) is 0 Å². The minimum absolute atomic E-state index is 0.326. The van der Waals surface area contributed by atoms with Crippen LogP contribution in [0.4, 0.5) is 0 Å². The van der Waals surface area contributed by atoms with Crippen molar-refractivity contribution in [3.8, 4) is 0 Å². The summed E-state index contributed by atoms with van der Waals surface area (Å²) in [7, 11) is 0. The molecule has 1 saturated heterocycles. The van der Waals surface area contributed by atoms with Crippen LogP contribution in [0.1, 0.15) is 46.5 Å². The van der Waals surface area contributed by atoms with E-state index in [-0.39, 0.29) is 0 Å². The first kappa shape index (κ1) is 14.9. The number of hydrogen-bond acceptors (Lipinski definition) is 3. The van der Waals surface area contributed by atoms with Gasteiger partial charge in [0.05, 0.1) is 0 Å². The third-order valence-corrected chi connectivity index (χ3v) is 3.88. The molecule has 3 heteroatoms. The summed E-state index contributed by atoms with van der Waals surface area (Å²) in [6, 6.07) is 1.41. The summed E-state index contributed by atoms with van der Waals surface area (Å²) >= 11 is 0. The molecule has 2 N–H and O–H groups in total. The third-order valence-electron chi connectivity index (χ3n) is 3.88. The van der Waals surface area contributed by atoms with Crippen LogP contribution >= 0.6 is 0 Å². The van der Waals surface area contributed by atoms with Gasteiger partial charge in [0.15, 0.2) is 0 Å². The van der Waals surface area contributed by atoms with Crippen LogP contribution in [0.5, 0.6) is 0 Å². The molecule has 3 nitrogen and oxygen atoms in total. The zero-order valence-corrected chi connectivity index (χ0v) is 11.8. The molecule has 0 aromatic heterocycles. The molecule has 0 spiro atoms. The van der Waals surface area contributed by atoms with Crippen LogP contribution in [0, 0.1) is 5.92 Å². The van der Waals surface area contributed by atoms with E-state index in [1.54, 1.807) is 0 Å². The van der Waals surface area contributed by atoms with Gasteiger partial charge in [-0.25, -0.2) is 0 Å². The lowest BCUT2D eigenvalue weighted by atomic mass is 10.0. The van der Waals surface area contributed by atoms with Gasteiger partial charge in [0.2, 0.25) is 0 Å². The van der Waals surface area contributed by atoms with Gasteiger partial charge in [0.1, 0.15) is 0 Å². The summed E-state index contributed by atoms with van der Waals surface area (Å²) < 4.78 is 0. The zero-order chi connectivity index (χ0) is 12.7. The minimum atomic E-state index is 0.326. The second-order valence-electron chi connectivity index (χ2n) is 5.79. The zero-order valence-electron chi connectivity index (χ0n) is 11.8. The standard InChI is InChI=1S/C14H30N2O/c1-12(2)16-9-6-14(7-10-16)15-8-4-5-13(3)11-17/h12-15,17H,4-11H2,1-3H3. The van der Waals surface area contributed by atoms with Crippen molar-refractivity contribution in [2.45, 2.75) is 58.5 Å². The maximum Gasteiger partial charge on any atom is 0.0456 e. The number of piperidine rings is 1. The molecule has 0 aromatic carbocycles. The highest BCUT2D eigenvalue weighted by Gasteiger charge is 2.19. The van der Waals surface area contributed by atoms with Gasteiger partial charge in [-0.3, -0.25) is 0 Å². The molecule has 0 radical (unpaired) electrons. The third kappa shape index (κ3) is 5.84. The Morgan fingerprint density at radius 2 is 1.88 bits per heavy atom. The summed E-state index contributed by atoms with van der Waals surface area (Å²) in [6.45, 7) is 10.6. The molecular formula is C14H30N2O. The SMILES string of the molecule is CC(CO)CCCNC1CCN(C(C)C)CC1. The normalized spacial score (nSPS) is 21.0. The molecule has 1 aliphatic rings. The molecule has 1 fully saturated rings. The molecule has 0 aliphatic carbocycles. The summed E-state index contributed by atoms with van der Waals surface area (Å²) in [5, 5.41) is 12.6. The van der Waals surface area contributed by atoms with E-state index in [9.17, 15) is 0 Å². The molecule has 1 rings (SSSR count). The summed E-state index contributed by atoms with van der Waals surface area (Å²) in [5.74, 6) is 0.458. The maximum atomic E-state index is 8.94. The lowest BCUT2D eigenvalue weighted by Crippen LogP contribution is -2.45. The van der Waals surface area contributed by atoms with Crippen LogP contribution in [-0.4, -0.2) is 48.3 Å². The van der Waals surface area contributed by atoms with Crippen molar-refractivity contribution >= 4 is 0 Å². The predicted molar refractivity (Wildman–Crippen MR) is 73.2 cm³/mol. The fourth-order valence-electron chi connectivity index (χ4n) is 2.47. The Labute approximate surface area is 107 Å². The average molecular weight is 242 g/mol. The van der Waals surface area contributed by atoms with E-state index in [2.05, 4.69) is 31.0 Å². The van der Waals surface area contributed by atoms with Gasteiger partial charge >= 0.3 is 0 Å². The minimum Gasteiger partial charge on any atom is -0.396 e. The molecule has 0 aromatic rings. The molecule has 1 heterocycles. The van der Waals surface area contributed by atoms with Crippen molar-refractivity contribution in [3.63, 3.8) is 0 Å². The van der Waals surface area contributed by atoms with Crippen LogP contribution in [0.2, 0.25) is 0 Å². The lowest BCUT2D eigenvalue weighted by Gasteiger charge is -2.35. The largest absolute Gasteiger partial charge is 0.396 e. The molecule has 0 amide bonds. The quantitative estimate of drug-likeness (QED) is 0.669. The van der Waals surface area contributed by atoms with Gasteiger partial charge in [-0.1, -0.05) is 6.92 Å². The van der Waals surface area contributed by atoms with Crippen molar-refractivity contribution < 1.29 is 5.11 Å². The van der Waals surface area contributed by atoms with Crippen molar-refractivity contribution in [1.82, 2.24) is 10.2 Å². The highest BCUT2D eigenvalue weighted by atomic mass is 16.3. The monoisotopic (exact) mass is 242 g/mol. The van der Waals surface area contributed by atoms with Gasteiger partial charge in [-0.2, -0.15) is 0 Å². The number of nitrogens with zero attached hydrogens (tertiary/aromatic N) is 1. The van der Waals surface area contributed by atoms with E-state index < -0.39 is 0 Å². The van der Waals surface area contributed by atoms with Crippen LogP contribution in [0.3, 0.4) is 0 Å². The van der Waals surface area contributed by atoms with Crippen molar-refractivity contribution in [2.75, 3.05) is 26.2 Å². The number of nitrogens with one attached hydrogen (secondary N) is 1. The smallest absolute Gasteiger partial charge is 0.0456 e. The lowest BCUT2D eigenvalue weighted by molar-refractivity contribution is 0.160. The van der Waals surface area contributed by atoms with Gasteiger partial charge in [-0.05, 0) is 65.1 Å². The van der Waals surface area contributed by atoms with Gasteiger partial charge in [0, 0.05) is 18.7 Å². The fourth-order valence-corrected chi connectivity index (χ4v) is 2.47. The van der Waals surface area contributed by atoms with Gasteiger partial charge in [-0.15, -0.1) is 0 Å². The first-order chi connectivity index (χ1) is 8.13. The summed E-state index contributed by atoms with van der Waals surface area (Å²) in [6.07, 6.45) is 4.89. The van der Waals surface area contributed by atoms with Gasteiger partial charge < -0.3 is 15.3 Å². The van der Waals surface area contributed by atoms with Crippen molar-refractivity contribution in [3.05, 3.63) is 0 Å². The summed E-state index contributed by atoms with van der Waals surface area (Å²) in [4.78, 5) is 2.56. The Balaban J connectivity index is 2.02. The van der Waals surface area contributed by atoms with Gasteiger partial charge in [0.25, 0.3) is 0 Å². The highest BCUT2D eigenvalue weighted by molar-refractivity contribution is 4.78. The number of rotatable bonds is 7. The number of aliphatic hydroxyl groups excluding tert-OH is 1. The van der Waals surface area contributed by atoms with E-state index >= 15 is 0 Å². The Morgan fingerprint density at radius 1 is 1.24 bits per heavy atom. The summed E-state index contributed by atoms with van der Waals surface area (Å²) in [5.41, 5.74) is 0. The number of likely N-dealkylation sites (tertiary alicyclic amines) is 1. The van der Waals surface area contributed by atoms with E-state index in [1.165, 1.54) is 32.4 Å². The number of hydrogen-bond donors (Lipinski definition) is 2. The van der Waals surface area contributed by atoms with Crippen LogP contribution in [-0.2, 0) is 0 Å². The fraction of sp³-hybridized carbons (Fsp3) is 1.00. The molecule has 1 unspecified atom stereocenters. The topological polar surface area (TPSA) is 35.5 Å². The maximum absolute atomic E-state index is 8.94.